The van der Waals surface area contributed by atoms with E-state index in [-0.39, 0.29) is 17.7 Å². The van der Waals surface area contributed by atoms with Crippen LogP contribution in [0.15, 0.2) is 48.5 Å². The zero-order valence-electron chi connectivity index (χ0n) is 16.5. The summed E-state index contributed by atoms with van der Waals surface area (Å²) in [5.74, 6) is 0.0591. The van der Waals surface area contributed by atoms with Crippen molar-refractivity contribution in [2.24, 2.45) is 5.92 Å². The molecule has 0 unspecified atom stereocenters. The van der Waals surface area contributed by atoms with E-state index in [9.17, 15) is 9.59 Å². The quantitative estimate of drug-likeness (QED) is 0.586. The van der Waals surface area contributed by atoms with Crippen LogP contribution in [0.2, 0.25) is 0 Å². The summed E-state index contributed by atoms with van der Waals surface area (Å²) in [6.07, 6.45) is 2.94. The van der Waals surface area contributed by atoms with E-state index >= 15 is 0 Å². The van der Waals surface area contributed by atoms with Gasteiger partial charge < -0.3 is 10.6 Å². The maximum atomic E-state index is 12.7. The number of carbonyl (C=O) groups excluding carboxylic acids is 2. The van der Waals surface area contributed by atoms with Gasteiger partial charge >= 0.3 is 0 Å². The van der Waals surface area contributed by atoms with Gasteiger partial charge in [-0.2, -0.15) is 0 Å². The van der Waals surface area contributed by atoms with Gasteiger partial charge in [0.25, 0.3) is 5.91 Å². The fraction of sp³-hybridized carbons (Fsp3) is 0.261. The molecule has 6 heteroatoms. The molecule has 0 saturated heterocycles. The molecule has 3 aromatic rings. The van der Waals surface area contributed by atoms with E-state index in [0.29, 0.717) is 10.6 Å². The molecular weight excluding hydrogens is 382 g/mol. The summed E-state index contributed by atoms with van der Waals surface area (Å²) in [5, 5.41) is 6.65. The molecule has 1 heterocycles. The number of carbonyl (C=O) groups is 2. The van der Waals surface area contributed by atoms with Crippen LogP contribution < -0.4 is 10.6 Å². The van der Waals surface area contributed by atoms with Gasteiger partial charge in [-0.1, -0.05) is 31.2 Å². The summed E-state index contributed by atoms with van der Waals surface area (Å²) in [7, 11) is 0. The first-order valence-corrected chi connectivity index (χ1v) is 10.6. The van der Waals surface area contributed by atoms with Crippen LogP contribution in [0.4, 0.5) is 11.4 Å². The number of hydrogen-bond acceptors (Lipinski definition) is 4. The third kappa shape index (κ3) is 4.54. The Morgan fingerprint density at radius 2 is 1.62 bits per heavy atom. The van der Waals surface area contributed by atoms with Crippen molar-refractivity contribution in [1.82, 2.24) is 4.98 Å². The van der Waals surface area contributed by atoms with Gasteiger partial charge in [-0.3, -0.25) is 9.59 Å². The number of nitrogens with zero attached hydrogens (tertiary/aromatic N) is 1. The summed E-state index contributed by atoms with van der Waals surface area (Å²) in [6.45, 7) is 3.98. The molecule has 2 aromatic carbocycles. The summed E-state index contributed by atoms with van der Waals surface area (Å²) in [5.41, 5.74) is 4.44. The molecule has 1 saturated carbocycles. The van der Waals surface area contributed by atoms with Crippen molar-refractivity contribution >= 4 is 34.5 Å². The number of rotatable bonds is 6. The molecule has 2 amide bonds. The zero-order chi connectivity index (χ0) is 20.4. The van der Waals surface area contributed by atoms with Crippen LogP contribution in [0.3, 0.4) is 0 Å². The van der Waals surface area contributed by atoms with Crippen molar-refractivity contribution in [2.75, 3.05) is 10.6 Å². The van der Waals surface area contributed by atoms with Crippen LogP contribution >= 0.6 is 11.3 Å². The SMILES string of the molecule is CCc1ccc(-c2nc(C)c(C(=O)Nc3ccc(NC(=O)C4CC4)cc3)s2)cc1. The van der Waals surface area contributed by atoms with Gasteiger partial charge in [-0.25, -0.2) is 4.98 Å². The Balaban J connectivity index is 1.44. The van der Waals surface area contributed by atoms with E-state index in [1.54, 1.807) is 24.3 Å². The number of aromatic nitrogens is 1. The number of hydrogen-bond donors (Lipinski definition) is 2. The Morgan fingerprint density at radius 1 is 1.00 bits per heavy atom. The van der Waals surface area contributed by atoms with E-state index in [0.717, 1.165) is 41.2 Å². The highest BCUT2D eigenvalue weighted by atomic mass is 32.1. The average molecular weight is 406 g/mol. The van der Waals surface area contributed by atoms with Gasteiger partial charge in [0, 0.05) is 22.9 Å². The standard InChI is InChI=1S/C23H23N3O2S/c1-3-15-4-6-17(7-5-15)23-24-14(2)20(29-23)22(28)26-19-12-10-18(11-13-19)25-21(27)16-8-9-16/h4-7,10-13,16H,3,8-9H2,1-2H3,(H,25,27)(H,26,28). The minimum absolute atomic E-state index is 0.0709. The Kier molecular flexibility index (Phi) is 5.45. The molecule has 1 aliphatic rings. The second kappa shape index (κ2) is 8.17. The van der Waals surface area contributed by atoms with Crippen LogP contribution in [-0.4, -0.2) is 16.8 Å². The molecule has 0 aliphatic heterocycles. The second-order valence-electron chi connectivity index (χ2n) is 7.28. The van der Waals surface area contributed by atoms with Gasteiger partial charge in [-0.15, -0.1) is 11.3 Å². The highest BCUT2D eigenvalue weighted by Crippen LogP contribution is 2.31. The number of benzene rings is 2. The normalized spacial score (nSPS) is 13.2. The maximum Gasteiger partial charge on any atom is 0.267 e. The number of anilines is 2. The third-order valence-corrected chi connectivity index (χ3v) is 6.18. The molecule has 5 nitrogen and oxygen atoms in total. The first-order valence-electron chi connectivity index (χ1n) is 9.82. The predicted molar refractivity (Wildman–Crippen MR) is 117 cm³/mol. The third-order valence-electron chi connectivity index (χ3n) is 4.97. The van der Waals surface area contributed by atoms with Crippen LogP contribution in [0.1, 0.15) is 40.7 Å². The van der Waals surface area contributed by atoms with Gasteiger partial charge in [0.2, 0.25) is 5.91 Å². The summed E-state index contributed by atoms with van der Waals surface area (Å²) in [6, 6.07) is 15.5. The predicted octanol–water partition coefficient (Wildman–Crippen LogP) is 5.28. The summed E-state index contributed by atoms with van der Waals surface area (Å²) < 4.78 is 0. The molecule has 0 spiro atoms. The van der Waals surface area contributed by atoms with Crippen LogP contribution in [0.5, 0.6) is 0 Å². The highest BCUT2D eigenvalue weighted by Gasteiger charge is 2.29. The van der Waals surface area contributed by atoms with E-state index in [2.05, 4.69) is 34.7 Å². The molecule has 1 fully saturated rings. The Morgan fingerprint density at radius 3 is 2.21 bits per heavy atom. The van der Waals surface area contributed by atoms with Gasteiger partial charge in [-0.05, 0) is 56.0 Å². The first kappa shape index (κ1) is 19.3. The Bertz CT molecular complexity index is 1030. The minimum Gasteiger partial charge on any atom is -0.326 e. The average Bonchev–Trinajstić information content (AvgIpc) is 3.51. The van der Waals surface area contributed by atoms with Crippen molar-refractivity contribution in [3.05, 3.63) is 64.7 Å². The van der Waals surface area contributed by atoms with E-state index in [1.165, 1.54) is 16.9 Å². The van der Waals surface area contributed by atoms with Crippen molar-refractivity contribution in [1.29, 1.82) is 0 Å². The lowest BCUT2D eigenvalue weighted by molar-refractivity contribution is -0.117. The lowest BCUT2D eigenvalue weighted by Crippen LogP contribution is -2.14. The van der Waals surface area contributed by atoms with Crippen molar-refractivity contribution in [3.8, 4) is 10.6 Å². The smallest absolute Gasteiger partial charge is 0.267 e. The maximum absolute atomic E-state index is 12.7. The summed E-state index contributed by atoms with van der Waals surface area (Å²) in [4.78, 5) is 29.7. The number of thiazole rings is 1. The largest absolute Gasteiger partial charge is 0.326 e. The van der Waals surface area contributed by atoms with Gasteiger partial charge in [0.05, 0.1) is 5.69 Å². The van der Waals surface area contributed by atoms with Crippen LogP contribution in [0, 0.1) is 12.8 Å². The molecule has 1 aliphatic carbocycles. The second-order valence-corrected chi connectivity index (χ2v) is 8.28. The molecule has 29 heavy (non-hydrogen) atoms. The fourth-order valence-corrected chi connectivity index (χ4v) is 4.00. The number of nitrogens with one attached hydrogen (secondary N) is 2. The molecule has 0 bridgehead atoms. The molecule has 148 valence electrons. The lowest BCUT2D eigenvalue weighted by Gasteiger charge is -2.07. The highest BCUT2D eigenvalue weighted by molar-refractivity contribution is 7.17. The van der Waals surface area contributed by atoms with Crippen molar-refractivity contribution in [3.63, 3.8) is 0 Å². The number of aryl methyl sites for hydroxylation is 2. The monoisotopic (exact) mass is 405 g/mol. The molecule has 4 rings (SSSR count). The zero-order valence-corrected chi connectivity index (χ0v) is 17.3. The Hall–Kier alpha value is -2.99. The molecule has 1 aromatic heterocycles. The van der Waals surface area contributed by atoms with Gasteiger partial charge in [0.15, 0.2) is 0 Å². The first-order chi connectivity index (χ1) is 14.0. The van der Waals surface area contributed by atoms with Crippen LogP contribution in [0.25, 0.3) is 10.6 Å². The minimum atomic E-state index is -0.175. The van der Waals surface area contributed by atoms with Gasteiger partial charge in [0.1, 0.15) is 9.88 Å². The van der Waals surface area contributed by atoms with Crippen molar-refractivity contribution < 1.29 is 9.59 Å². The Labute approximate surface area is 174 Å². The lowest BCUT2D eigenvalue weighted by atomic mass is 10.1. The molecular formula is C23H23N3O2S. The van der Waals surface area contributed by atoms with E-state index in [4.69, 9.17) is 0 Å². The van der Waals surface area contributed by atoms with E-state index in [1.807, 2.05) is 19.1 Å². The number of amides is 2. The summed E-state index contributed by atoms with van der Waals surface area (Å²) >= 11 is 1.39. The molecule has 2 N–H and O–H groups in total. The molecule has 0 radical (unpaired) electrons. The van der Waals surface area contributed by atoms with E-state index < -0.39 is 0 Å². The molecule has 0 atom stereocenters. The topological polar surface area (TPSA) is 71.1 Å². The van der Waals surface area contributed by atoms with Crippen molar-refractivity contribution in [2.45, 2.75) is 33.1 Å². The fourth-order valence-electron chi connectivity index (χ4n) is 3.03. The van der Waals surface area contributed by atoms with Crippen LogP contribution in [-0.2, 0) is 11.2 Å².